The summed E-state index contributed by atoms with van der Waals surface area (Å²) in [6, 6.07) is 6.84. The molecule has 26 heavy (non-hydrogen) atoms. The van der Waals surface area contributed by atoms with E-state index < -0.39 is 12.8 Å². The van der Waals surface area contributed by atoms with E-state index in [2.05, 4.69) is 20.7 Å². The summed E-state index contributed by atoms with van der Waals surface area (Å²) in [5.41, 5.74) is 0.344. The van der Waals surface area contributed by atoms with E-state index in [1.165, 1.54) is 23.2 Å². The lowest BCUT2D eigenvalue weighted by Crippen LogP contribution is -2.48. The monoisotopic (exact) mass is 385 g/mol. The van der Waals surface area contributed by atoms with Gasteiger partial charge in [-0.25, -0.2) is 4.98 Å². The van der Waals surface area contributed by atoms with E-state index in [1.807, 2.05) is 11.4 Å². The van der Waals surface area contributed by atoms with Crippen LogP contribution >= 0.6 is 11.3 Å². The summed E-state index contributed by atoms with van der Waals surface area (Å²) in [6.45, 7) is 2.26. The molecule has 0 radical (unpaired) electrons. The van der Waals surface area contributed by atoms with Crippen molar-refractivity contribution in [2.75, 3.05) is 32.8 Å². The second-order valence-corrected chi connectivity index (χ2v) is 6.97. The van der Waals surface area contributed by atoms with Crippen LogP contribution in [0.5, 0.6) is 5.88 Å². The minimum atomic E-state index is -4.42. The molecule has 1 aliphatic rings. The first-order chi connectivity index (χ1) is 12.4. The molecule has 1 fully saturated rings. The molecule has 0 aromatic carbocycles. The third kappa shape index (κ3) is 5.18. The van der Waals surface area contributed by atoms with Crippen LogP contribution in [0, 0.1) is 0 Å². The first-order valence-corrected chi connectivity index (χ1v) is 8.98. The third-order valence-corrected chi connectivity index (χ3v) is 4.85. The molecule has 0 bridgehead atoms. The second-order valence-electron chi connectivity index (χ2n) is 5.94. The Kier molecular flexibility index (Phi) is 5.77. The molecule has 1 amide bonds. The zero-order valence-corrected chi connectivity index (χ0v) is 14.7. The Morgan fingerprint density at radius 3 is 2.54 bits per heavy atom. The smallest absolute Gasteiger partial charge is 0.422 e. The maximum Gasteiger partial charge on any atom is 0.422 e. The third-order valence-electron chi connectivity index (χ3n) is 3.99. The average Bonchev–Trinajstić information content (AvgIpc) is 3.13. The molecule has 0 N–H and O–H groups in total. The number of carbonyl (C=O) groups excluding carboxylic acids is 1. The number of halogens is 3. The molecule has 3 rings (SSSR count). The van der Waals surface area contributed by atoms with Gasteiger partial charge >= 0.3 is 6.18 Å². The molecule has 1 saturated heterocycles. The molecule has 9 heteroatoms. The molecule has 140 valence electrons. The van der Waals surface area contributed by atoms with Crippen molar-refractivity contribution < 1.29 is 22.7 Å². The molecule has 3 heterocycles. The SMILES string of the molecule is O=C(c1ccc(OCC(F)(F)F)nc1)N1CCN(Cc2cccs2)CC1. The number of amides is 1. The number of hydrogen-bond acceptors (Lipinski definition) is 5. The molecule has 0 spiro atoms. The number of alkyl halides is 3. The number of thiophene rings is 1. The Morgan fingerprint density at radius 2 is 1.96 bits per heavy atom. The number of aromatic nitrogens is 1. The fourth-order valence-corrected chi connectivity index (χ4v) is 3.41. The Bertz CT molecular complexity index is 712. The van der Waals surface area contributed by atoms with E-state index in [4.69, 9.17) is 0 Å². The summed E-state index contributed by atoms with van der Waals surface area (Å²) < 4.78 is 40.9. The fraction of sp³-hybridized carbons (Fsp3) is 0.412. The van der Waals surface area contributed by atoms with Gasteiger partial charge in [0.15, 0.2) is 6.61 Å². The second kappa shape index (κ2) is 8.05. The lowest BCUT2D eigenvalue weighted by Gasteiger charge is -2.34. The first-order valence-electron chi connectivity index (χ1n) is 8.10. The zero-order chi connectivity index (χ0) is 18.6. The molecule has 0 unspecified atom stereocenters. The van der Waals surface area contributed by atoms with Crippen LogP contribution in [0.25, 0.3) is 0 Å². The van der Waals surface area contributed by atoms with Crippen molar-refractivity contribution >= 4 is 17.2 Å². The summed E-state index contributed by atoms with van der Waals surface area (Å²) in [5, 5.41) is 2.05. The maximum atomic E-state index is 12.5. The Hall–Kier alpha value is -2.13. The van der Waals surface area contributed by atoms with Gasteiger partial charge in [0.25, 0.3) is 5.91 Å². The number of pyridine rings is 1. The van der Waals surface area contributed by atoms with E-state index in [-0.39, 0.29) is 11.8 Å². The van der Waals surface area contributed by atoms with E-state index >= 15 is 0 Å². The average molecular weight is 385 g/mol. The normalized spacial score (nSPS) is 15.9. The lowest BCUT2D eigenvalue weighted by molar-refractivity contribution is -0.154. The van der Waals surface area contributed by atoms with Crippen LogP contribution in [0.2, 0.25) is 0 Å². The predicted octanol–water partition coefficient (Wildman–Crippen LogP) is 3.04. The van der Waals surface area contributed by atoms with E-state index in [0.29, 0.717) is 18.7 Å². The van der Waals surface area contributed by atoms with Crippen molar-refractivity contribution in [3.8, 4) is 5.88 Å². The van der Waals surface area contributed by atoms with E-state index in [0.717, 1.165) is 19.6 Å². The van der Waals surface area contributed by atoms with Crippen LogP contribution in [-0.2, 0) is 6.54 Å². The lowest BCUT2D eigenvalue weighted by atomic mass is 10.2. The van der Waals surface area contributed by atoms with E-state index in [9.17, 15) is 18.0 Å². The number of hydrogen-bond donors (Lipinski definition) is 0. The summed E-state index contributed by atoms with van der Waals surface area (Å²) in [5.74, 6) is -0.324. The predicted molar refractivity (Wildman–Crippen MR) is 91.3 cm³/mol. The molecule has 1 aliphatic heterocycles. The van der Waals surface area contributed by atoms with Gasteiger partial charge in [-0.1, -0.05) is 6.07 Å². The first kappa shape index (κ1) is 18.7. The van der Waals surface area contributed by atoms with Crippen LogP contribution < -0.4 is 4.74 Å². The number of rotatable bonds is 5. The van der Waals surface area contributed by atoms with Crippen LogP contribution in [0.15, 0.2) is 35.8 Å². The van der Waals surface area contributed by atoms with Gasteiger partial charge in [-0.2, -0.15) is 13.2 Å². The summed E-state index contributed by atoms with van der Waals surface area (Å²) in [7, 11) is 0. The molecular formula is C17H18F3N3O2S. The van der Waals surface area contributed by atoms with Gasteiger partial charge in [0.05, 0.1) is 5.56 Å². The zero-order valence-electron chi connectivity index (χ0n) is 13.9. The highest BCUT2D eigenvalue weighted by Gasteiger charge is 2.29. The van der Waals surface area contributed by atoms with Gasteiger partial charge in [0.1, 0.15) is 0 Å². The van der Waals surface area contributed by atoms with Crippen LogP contribution in [0.3, 0.4) is 0 Å². The van der Waals surface area contributed by atoms with Crippen molar-refractivity contribution in [3.05, 3.63) is 46.3 Å². The number of ether oxygens (including phenoxy) is 1. The fourth-order valence-electron chi connectivity index (χ4n) is 2.66. The number of piperazine rings is 1. The summed E-state index contributed by atoms with van der Waals surface area (Å²) in [6.07, 6.45) is -3.16. The maximum absolute atomic E-state index is 12.5. The van der Waals surface area contributed by atoms with Crippen LogP contribution in [0.4, 0.5) is 13.2 Å². The van der Waals surface area contributed by atoms with Crippen molar-refractivity contribution in [1.82, 2.24) is 14.8 Å². The molecule has 0 aliphatic carbocycles. The Balaban J connectivity index is 1.50. The van der Waals surface area contributed by atoms with Gasteiger partial charge in [0, 0.05) is 49.9 Å². The minimum Gasteiger partial charge on any atom is -0.468 e. The van der Waals surface area contributed by atoms with Crippen LogP contribution in [0.1, 0.15) is 15.2 Å². The molecule has 0 atom stereocenters. The Morgan fingerprint density at radius 1 is 1.19 bits per heavy atom. The molecule has 0 saturated carbocycles. The molecule has 2 aromatic heterocycles. The van der Waals surface area contributed by atoms with Crippen molar-refractivity contribution in [1.29, 1.82) is 0 Å². The highest BCUT2D eigenvalue weighted by molar-refractivity contribution is 7.09. The van der Waals surface area contributed by atoms with Gasteiger partial charge < -0.3 is 9.64 Å². The van der Waals surface area contributed by atoms with E-state index in [1.54, 1.807) is 16.2 Å². The summed E-state index contributed by atoms with van der Waals surface area (Å²) >= 11 is 1.71. The van der Waals surface area contributed by atoms with Gasteiger partial charge in [-0.05, 0) is 17.5 Å². The highest BCUT2D eigenvalue weighted by Crippen LogP contribution is 2.18. The molecule has 5 nitrogen and oxygen atoms in total. The largest absolute Gasteiger partial charge is 0.468 e. The van der Waals surface area contributed by atoms with Gasteiger partial charge in [-0.15, -0.1) is 11.3 Å². The molecular weight excluding hydrogens is 367 g/mol. The number of nitrogens with zero attached hydrogens (tertiary/aromatic N) is 3. The standard InChI is InChI=1S/C17H18F3N3O2S/c18-17(19,20)12-25-15-4-3-13(10-21-15)16(24)23-7-5-22(6-8-23)11-14-2-1-9-26-14/h1-4,9-10H,5-8,11-12H2. The Labute approximate surface area is 153 Å². The number of carbonyl (C=O) groups is 1. The summed E-state index contributed by atoms with van der Waals surface area (Å²) in [4.78, 5) is 21.6. The quantitative estimate of drug-likeness (QED) is 0.794. The molecule has 2 aromatic rings. The van der Waals surface area contributed by atoms with Crippen molar-refractivity contribution in [2.45, 2.75) is 12.7 Å². The van der Waals surface area contributed by atoms with Crippen molar-refractivity contribution in [3.63, 3.8) is 0 Å². The van der Waals surface area contributed by atoms with Gasteiger partial charge in [-0.3, -0.25) is 9.69 Å². The highest BCUT2D eigenvalue weighted by atomic mass is 32.1. The van der Waals surface area contributed by atoms with Crippen molar-refractivity contribution in [2.24, 2.45) is 0 Å². The minimum absolute atomic E-state index is 0.153. The topological polar surface area (TPSA) is 45.7 Å². The van der Waals surface area contributed by atoms with Gasteiger partial charge in [0.2, 0.25) is 5.88 Å². The van der Waals surface area contributed by atoms with Crippen LogP contribution in [-0.4, -0.2) is 59.7 Å².